The van der Waals surface area contributed by atoms with Gasteiger partial charge < -0.3 is 19.5 Å². The number of urea groups is 1. The van der Waals surface area contributed by atoms with Gasteiger partial charge >= 0.3 is 12.1 Å². The predicted octanol–water partition coefficient (Wildman–Crippen LogP) is 3.63. The Balaban J connectivity index is 1.22. The number of halogens is 1. The van der Waals surface area contributed by atoms with Crippen LogP contribution in [0.25, 0.3) is 5.69 Å². The van der Waals surface area contributed by atoms with E-state index in [0.29, 0.717) is 30.3 Å². The maximum absolute atomic E-state index is 12.7. The lowest BCUT2D eigenvalue weighted by Crippen LogP contribution is -2.31. The van der Waals surface area contributed by atoms with Gasteiger partial charge in [-0.2, -0.15) is 0 Å². The number of ether oxygens (including phenoxy) is 1. The topological polar surface area (TPSA) is 92.1 Å². The van der Waals surface area contributed by atoms with Crippen LogP contribution in [0.3, 0.4) is 0 Å². The van der Waals surface area contributed by atoms with Gasteiger partial charge in [-0.15, -0.1) is 4.99 Å². The Hall–Kier alpha value is -4.11. The number of imidazole rings is 1. The fourth-order valence-corrected chi connectivity index (χ4v) is 3.75. The van der Waals surface area contributed by atoms with E-state index in [4.69, 9.17) is 16.3 Å². The van der Waals surface area contributed by atoms with Crippen LogP contribution in [0, 0.1) is 0 Å². The summed E-state index contributed by atoms with van der Waals surface area (Å²) in [6.45, 7) is 1.25. The third-order valence-corrected chi connectivity index (χ3v) is 5.44. The molecule has 5 rings (SSSR count). The van der Waals surface area contributed by atoms with E-state index in [1.807, 2.05) is 41.1 Å². The number of rotatable bonds is 5. The highest BCUT2D eigenvalue weighted by atomic mass is 35.5. The predicted molar refractivity (Wildman–Crippen MR) is 123 cm³/mol. The van der Waals surface area contributed by atoms with Crippen LogP contribution in [0.15, 0.2) is 84.2 Å². The van der Waals surface area contributed by atoms with Crippen molar-refractivity contribution in [3.05, 3.63) is 89.8 Å². The van der Waals surface area contributed by atoms with Crippen LogP contribution in [0.1, 0.15) is 5.56 Å². The number of carbonyl (C=O) groups is 2. The summed E-state index contributed by atoms with van der Waals surface area (Å²) in [4.78, 5) is 36.6. The van der Waals surface area contributed by atoms with Crippen LogP contribution in [0.2, 0.25) is 5.02 Å². The standard InChI is InChI=1S/C23H19ClN6O3/c24-17-3-1-2-16(12-17)13-28-10-11-29-14-20(33-23(29)27-22(28)32)21(31)26-18-4-6-19(7-5-18)30-9-8-25-15-30/h1-9,12,14-15H,10-11,13H2,(H,26,31). The van der Waals surface area contributed by atoms with Gasteiger partial charge in [-0.25, -0.2) is 9.78 Å². The molecule has 1 N–H and O–H groups in total. The van der Waals surface area contributed by atoms with Crippen LogP contribution < -0.4 is 5.32 Å². The van der Waals surface area contributed by atoms with E-state index in [1.165, 1.54) is 0 Å². The quantitative estimate of drug-likeness (QED) is 0.625. The van der Waals surface area contributed by atoms with Gasteiger partial charge in [0.25, 0.3) is 5.91 Å². The first-order chi connectivity index (χ1) is 16.0. The van der Waals surface area contributed by atoms with Crippen molar-refractivity contribution in [1.29, 1.82) is 0 Å². The van der Waals surface area contributed by atoms with Crippen molar-refractivity contribution in [2.75, 3.05) is 18.4 Å². The van der Waals surface area contributed by atoms with E-state index in [9.17, 15) is 9.59 Å². The highest BCUT2D eigenvalue weighted by Gasteiger charge is 2.31. The number of nitrogens with one attached hydrogen (secondary N) is 1. The molecule has 9 nitrogen and oxygen atoms in total. The van der Waals surface area contributed by atoms with E-state index >= 15 is 0 Å². The second kappa shape index (κ2) is 8.79. The molecule has 2 aromatic carbocycles. The lowest BCUT2D eigenvalue weighted by atomic mass is 10.2. The van der Waals surface area contributed by atoms with Crippen molar-refractivity contribution in [3.8, 4) is 5.69 Å². The SMILES string of the molecule is O=C(Nc1ccc(-n2ccnc2)cc1)C1=CN2CCN(Cc3cccc(Cl)c3)C(=O)N=C2O1. The fraction of sp³-hybridized carbons (Fsp3) is 0.130. The first-order valence-corrected chi connectivity index (χ1v) is 10.6. The third kappa shape index (κ3) is 4.58. The molecule has 2 aliphatic heterocycles. The molecule has 1 aromatic heterocycles. The fourth-order valence-electron chi connectivity index (χ4n) is 3.53. The number of carbonyl (C=O) groups excluding carboxylic acids is 2. The Bertz CT molecular complexity index is 1250. The molecule has 10 heteroatoms. The molecule has 166 valence electrons. The molecule has 0 unspecified atom stereocenters. The normalized spacial score (nSPS) is 15.4. The molecule has 3 heterocycles. The number of fused-ring (bicyclic) bond motifs is 1. The summed E-state index contributed by atoms with van der Waals surface area (Å²) >= 11 is 6.04. The van der Waals surface area contributed by atoms with Gasteiger partial charge in [0.2, 0.25) is 5.76 Å². The van der Waals surface area contributed by atoms with Crippen LogP contribution in [-0.2, 0) is 16.1 Å². The molecule has 33 heavy (non-hydrogen) atoms. The Kier molecular flexibility index (Phi) is 5.54. The van der Waals surface area contributed by atoms with E-state index < -0.39 is 11.9 Å². The summed E-state index contributed by atoms with van der Waals surface area (Å²) in [6.07, 6.45) is 6.79. The molecule has 0 fully saturated rings. The average Bonchev–Trinajstić information content (AvgIpc) is 3.45. The largest absolute Gasteiger partial charge is 0.418 e. The Labute approximate surface area is 194 Å². The zero-order valence-electron chi connectivity index (χ0n) is 17.4. The lowest BCUT2D eigenvalue weighted by molar-refractivity contribution is -0.114. The number of anilines is 1. The highest BCUT2D eigenvalue weighted by molar-refractivity contribution is 6.30. The van der Waals surface area contributed by atoms with E-state index in [2.05, 4.69) is 15.3 Å². The molecule has 3 amide bonds. The van der Waals surface area contributed by atoms with Crippen molar-refractivity contribution >= 4 is 35.2 Å². The Morgan fingerprint density at radius 3 is 2.76 bits per heavy atom. The van der Waals surface area contributed by atoms with Gasteiger partial charge in [-0.05, 0) is 42.0 Å². The van der Waals surface area contributed by atoms with E-state index in [1.54, 1.807) is 46.7 Å². The summed E-state index contributed by atoms with van der Waals surface area (Å²) in [6, 6.07) is 14.3. The van der Waals surface area contributed by atoms with Crippen molar-refractivity contribution in [2.45, 2.75) is 6.54 Å². The summed E-state index contributed by atoms with van der Waals surface area (Å²) in [7, 11) is 0. The van der Waals surface area contributed by atoms with Gasteiger partial charge in [0.05, 0.1) is 12.5 Å². The molecule has 0 atom stereocenters. The molecular formula is C23H19ClN6O3. The van der Waals surface area contributed by atoms with Crippen molar-refractivity contribution < 1.29 is 14.3 Å². The summed E-state index contributed by atoms with van der Waals surface area (Å²) in [5.41, 5.74) is 2.44. The van der Waals surface area contributed by atoms with Gasteiger partial charge in [0, 0.05) is 48.4 Å². The molecule has 2 aliphatic rings. The van der Waals surface area contributed by atoms with Crippen LogP contribution in [0.4, 0.5) is 10.5 Å². The lowest BCUT2D eigenvalue weighted by Gasteiger charge is -2.19. The number of amidine groups is 1. The molecular weight excluding hydrogens is 444 g/mol. The maximum Gasteiger partial charge on any atom is 0.348 e. The maximum atomic E-state index is 12.7. The number of amides is 3. The summed E-state index contributed by atoms with van der Waals surface area (Å²) in [5, 5.41) is 3.40. The molecule has 0 radical (unpaired) electrons. The third-order valence-electron chi connectivity index (χ3n) is 5.21. The van der Waals surface area contributed by atoms with Gasteiger partial charge in [-0.3, -0.25) is 9.69 Å². The van der Waals surface area contributed by atoms with Gasteiger partial charge in [-0.1, -0.05) is 23.7 Å². The zero-order valence-corrected chi connectivity index (χ0v) is 18.1. The summed E-state index contributed by atoms with van der Waals surface area (Å²) < 4.78 is 7.46. The number of aromatic nitrogens is 2. The number of hydrogen-bond donors (Lipinski definition) is 1. The van der Waals surface area contributed by atoms with Crippen LogP contribution in [0.5, 0.6) is 0 Å². The molecule has 0 spiro atoms. The van der Waals surface area contributed by atoms with Gasteiger partial charge in [0.1, 0.15) is 0 Å². The number of nitrogens with zero attached hydrogens (tertiary/aromatic N) is 5. The van der Waals surface area contributed by atoms with Crippen LogP contribution in [-0.4, -0.2) is 50.4 Å². The smallest absolute Gasteiger partial charge is 0.348 e. The number of aliphatic imine (C=N–C) groups is 1. The van der Waals surface area contributed by atoms with Crippen LogP contribution >= 0.6 is 11.6 Å². The van der Waals surface area contributed by atoms with E-state index in [0.717, 1.165) is 11.3 Å². The van der Waals surface area contributed by atoms with Gasteiger partial charge in [0.15, 0.2) is 0 Å². The monoisotopic (exact) mass is 462 g/mol. The number of benzene rings is 2. The Morgan fingerprint density at radius 2 is 2.00 bits per heavy atom. The highest BCUT2D eigenvalue weighted by Crippen LogP contribution is 2.21. The number of hydrogen-bond acceptors (Lipinski definition) is 5. The molecule has 0 saturated carbocycles. The zero-order chi connectivity index (χ0) is 22.8. The molecule has 3 aromatic rings. The first kappa shape index (κ1) is 20.8. The minimum Gasteiger partial charge on any atom is -0.418 e. The van der Waals surface area contributed by atoms with Crippen molar-refractivity contribution in [2.24, 2.45) is 4.99 Å². The second-order valence-corrected chi connectivity index (χ2v) is 7.92. The van der Waals surface area contributed by atoms with Crippen molar-refractivity contribution in [3.63, 3.8) is 0 Å². The molecule has 0 bridgehead atoms. The Morgan fingerprint density at radius 1 is 1.15 bits per heavy atom. The average molecular weight is 463 g/mol. The minimum absolute atomic E-state index is 0.0727. The minimum atomic E-state index is -0.433. The van der Waals surface area contributed by atoms with E-state index in [-0.39, 0.29) is 11.8 Å². The van der Waals surface area contributed by atoms with Crippen molar-refractivity contribution in [1.82, 2.24) is 19.4 Å². The summed E-state index contributed by atoms with van der Waals surface area (Å²) in [5.74, 6) is -0.354. The molecule has 0 aliphatic carbocycles. The second-order valence-electron chi connectivity index (χ2n) is 7.49. The molecule has 0 saturated heterocycles. The first-order valence-electron chi connectivity index (χ1n) is 10.2.